The molecule has 31 heavy (non-hydrogen) atoms. The Morgan fingerprint density at radius 3 is 2.74 bits per heavy atom. The SMILES string of the molecule is Cc1ccc2[nH]c(C)c(CCN(Cc3ccccn3)C(=S)Nc3cccc(Cl)c3)c2c1. The average Bonchev–Trinajstić information content (AvgIpc) is 3.06. The van der Waals surface area contributed by atoms with Gasteiger partial charge in [-0.25, -0.2) is 0 Å². The molecule has 4 rings (SSSR count). The highest BCUT2D eigenvalue weighted by Gasteiger charge is 2.15. The van der Waals surface area contributed by atoms with Crippen molar-refractivity contribution >= 4 is 45.5 Å². The summed E-state index contributed by atoms with van der Waals surface area (Å²) in [4.78, 5) is 10.2. The molecule has 0 saturated heterocycles. The standard InChI is InChI=1S/C25H25ClN4S/c1-17-9-10-24-23(14-17)22(18(2)28-24)11-13-30(16-21-7-3-4-12-27-21)25(31)29-20-8-5-6-19(26)15-20/h3-10,12,14-15,28H,11,13,16H2,1-2H3,(H,29,31). The van der Waals surface area contributed by atoms with Crippen LogP contribution < -0.4 is 5.32 Å². The first-order valence-corrected chi connectivity index (χ1v) is 11.1. The molecule has 0 radical (unpaired) electrons. The second-order valence-electron chi connectivity index (χ2n) is 7.71. The van der Waals surface area contributed by atoms with Gasteiger partial charge in [0.2, 0.25) is 0 Å². The van der Waals surface area contributed by atoms with E-state index in [0.29, 0.717) is 16.7 Å². The monoisotopic (exact) mass is 448 g/mol. The predicted octanol–water partition coefficient (Wildman–Crippen LogP) is 6.27. The smallest absolute Gasteiger partial charge is 0.173 e. The normalized spacial score (nSPS) is 10.9. The topological polar surface area (TPSA) is 44.0 Å². The summed E-state index contributed by atoms with van der Waals surface area (Å²) in [5.41, 5.74) is 6.82. The number of hydrogen-bond acceptors (Lipinski definition) is 2. The maximum atomic E-state index is 6.14. The Labute approximate surface area is 193 Å². The van der Waals surface area contributed by atoms with Gasteiger partial charge in [-0.1, -0.05) is 35.4 Å². The maximum Gasteiger partial charge on any atom is 0.173 e. The van der Waals surface area contributed by atoms with E-state index in [-0.39, 0.29) is 0 Å². The van der Waals surface area contributed by atoms with Crippen molar-refractivity contribution in [2.24, 2.45) is 0 Å². The number of hydrogen-bond donors (Lipinski definition) is 2. The number of anilines is 1. The van der Waals surface area contributed by atoms with Gasteiger partial charge >= 0.3 is 0 Å². The van der Waals surface area contributed by atoms with E-state index in [0.717, 1.165) is 24.3 Å². The van der Waals surface area contributed by atoms with Crippen molar-refractivity contribution < 1.29 is 0 Å². The van der Waals surface area contributed by atoms with E-state index in [9.17, 15) is 0 Å². The van der Waals surface area contributed by atoms with E-state index in [1.165, 1.54) is 27.7 Å². The first kappa shape index (κ1) is 21.3. The summed E-state index contributed by atoms with van der Waals surface area (Å²) in [7, 11) is 0. The number of nitrogens with zero attached hydrogens (tertiary/aromatic N) is 2. The number of thiocarbonyl (C=S) groups is 1. The Bertz CT molecular complexity index is 1200. The maximum absolute atomic E-state index is 6.14. The molecule has 0 bridgehead atoms. The molecular weight excluding hydrogens is 424 g/mol. The molecule has 2 N–H and O–H groups in total. The minimum Gasteiger partial charge on any atom is -0.358 e. The fraction of sp³-hybridized carbons (Fsp3) is 0.200. The summed E-state index contributed by atoms with van der Waals surface area (Å²) < 4.78 is 0. The van der Waals surface area contributed by atoms with E-state index in [2.05, 4.69) is 52.2 Å². The van der Waals surface area contributed by atoms with Crippen LogP contribution >= 0.6 is 23.8 Å². The van der Waals surface area contributed by atoms with Crippen LogP contribution in [0.5, 0.6) is 0 Å². The third-order valence-corrected chi connectivity index (χ3v) is 5.94. The van der Waals surface area contributed by atoms with E-state index < -0.39 is 0 Å². The number of aromatic amines is 1. The molecule has 0 aliphatic rings. The number of fused-ring (bicyclic) bond motifs is 1. The number of halogens is 1. The molecule has 0 atom stereocenters. The summed E-state index contributed by atoms with van der Waals surface area (Å²) in [5, 5.41) is 5.94. The van der Waals surface area contributed by atoms with Crippen LogP contribution in [-0.4, -0.2) is 26.5 Å². The molecule has 0 fully saturated rings. The van der Waals surface area contributed by atoms with Crippen LogP contribution in [0.4, 0.5) is 5.69 Å². The Kier molecular flexibility index (Phi) is 6.54. The number of aryl methyl sites for hydroxylation is 2. The Balaban J connectivity index is 1.56. The van der Waals surface area contributed by atoms with Gasteiger partial charge in [-0.3, -0.25) is 4.98 Å². The van der Waals surface area contributed by atoms with Gasteiger partial charge < -0.3 is 15.2 Å². The summed E-state index contributed by atoms with van der Waals surface area (Å²) >= 11 is 11.9. The summed E-state index contributed by atoms with van der Waals surface area (Å²) in [6.07, 6.45) is 2.69. The third kappa shape index (κ3) is 5.24. The van der Waals surface area contributed by atoms with Gasteiger partial charge in [0, 0.05) is 40.0 Å². The van der Waals surface area contributed by atoms with Crippen molar-refractivity contribution in [3.8, 4) is 0 Å². The molecule has 0 aliphatic carbocycles. The quantitative estimate of drug-likeness (QED) is 0.341. The number of H-pyrrole nitrogens is 1. The van der Waals surface area contributed by atoms with Gasteiger partial charge in [0.15, 0.2) is 5.11 Å². The van der Waals surface area contributed by atoms with Crippen molar-refractivity contribution in [1.29, 1.82) is 0 Å². The number of rotatable bonds is 6. The minimum atomic E-state index is 0.633. The Morgan fingerprint density at radius 2 is 1.97 bits per heavy atom. The molecule has 0 amide bonds. The fourth-order valence-corrected chi connectivity index (χ4v) is 4.24. The van der Waals surface area contributed by atoms with Crippen molar-refractivity contribution in [2.45, 2.75) is 26.8 Å². The molecule has 0 spiro atoms. The molecule has 2 heterocycles. The van der Waals surface area contributed by atoms with Crippen molar-refractivity contribution in [3.63, 3.8) is 0 Å². The highest BCUT2D eigenvalue weighted by Crippen LogP contribution is 2.24. The molecule has 4 nitrogen and oxygen atoms in total. The Morgan fingerprint density at radius 1 is 1.10 bits per heavy atom. The van der Waals surface area contributed by atoms with Gasteiger partial charge in [0.25, 0.3) is 0 Å². The second-order valence-corrected chi connectivity index (χ2v) is 8.53. The molecule has 0 aliphatic heterocycles. The fourth-order valence-electron chi connectivity index (χ4n) is 3.77. The average molecular weight is 449 g/mol. The second kappa shape index (κ2) is 9.50. The van der Waals surface area contributed by atoms with Crippen LogP contribution in [0.25, 0.3) is 10.9 Å². The number of pyridine rings is 1. The first-order chi connectivity index (χ1) is 15.0. The van der Waals surface area contributed by atoms with E-state index in [1.54, 1.807) is 0 Å². The lowest BCUT2D eigenvalue weighted by Crippen LogP contribution is -2.36. The number of benzene rings is 2. The molecule has 6 heteroatoms. The largest absolute Gasteiger partial charge is 0.358 e. The van der Waals surface area contributed by atoms with Gasteiger partial charge in [0.05, 0.1) is 12.2 Å². The predicted molar refractivity (Wildman–Crippen MR) is 134 cm³/mol. The van der Waals surface area contributed by atoms with Crippen LogP contribution in [0.2, 0.25) is 5.02 Å². The van der Waals surface area contributed by atoms with Gasteiger partial charge in [0.1, 0.15) is 0 Å². The Hall–Kier alpha value is -2.89. The zero-order chi connectivity index (χ0) is 21.8. The van der Waals surface area contributed by atoms with Crippen LogP contribution in [0.15, 0.2) is 66.9 Å². The van der Waals surface area contributed by atoms with Crippen molar-refractivity contribution in [1.82, 2.24) is 14.9 Å². The van der Waals surface area contributed by atoms with Crippen molar-refractivity contribution in [3.05, 3.63) is 94.4 Å². The highest BCUT2D eigenvalue weighted by atomic mass is 35.5. The molecule has 2 aromatic heterocycles. The zero-order valence-corrected chi connectivity index (χ0v) is 19.2. The molecule has 2 aromatic carbocycles. The summed E-state index contributed by atoms with van der Waals surface area (Å²) in [6.45, 7) is 5.66. The third-order valence-electron chi connectivity index (χ3n) is 5.35. The van der Waals surface area contributed by atoms with Crippen LogP contribution in [0.1, 0.15) is 22.5 Å². The molecule has 0 unspecified atom stereocenters. The van der Waals surface area contributed by atoms with E-state index in [1.807, 2.05) is 48.7 Å². The molecule has 158 valence electrons. The van der Waals surface area contributed by atoms with Gasteiger partial charge in [-0.15, -0.1) is 0 Å². The van der Waals surface area contributed by atoms with Crippen LogP contribution in [-0.2, 0) is 13.0 Å². The number of nitrogens with one attached hydrogen (secondary N) is 2. The summed E-state index contributed by atoms with van der Waals surface area (Å²) in [6, 6.07) is 20.1. The lowest BCUT2D eigenvalue weighted by atomic mass is 10.1. The molecule has 4 aromatic rings. The lowest BCUT2D eigenvalue weighted by molar-refractivity contribution is 0.417. The summed E-state index contributed by atoms with van der Waals surface area (Å²) in [5.74, 6) is 0. The highest BCUT2D eigenvalue weighted by molar-refractivity contribution is 7.80. The van der Waals surface area contributed by atoms with Crippen LogP contribution in [0, 0.1) is 13.8 Å². The van der Waals surface area contributed by atoms with Gasteiger partial charge in [-0.2, -0.15) is 0 Å². The lowest BCUT2D eigenvalue weighted by Gasteiger charge is -2.26. The molecule has 0 saturated carbocycles. The van der Waals surface area contributed by atoms with E-state index >= 15 is 0 Å². The minimum absolute atomic E-state index is 0.633. The van der Waals surface area contributed by atoms with Gasteiger partial charge in [-0.05, 0) is 80.5 Å². The molecular formula is C25H25ClN4S. The zero-order valence-electron chi connectivity index (χ0n) is 17.7. The first-order valence-electron chi connectivity index (χ1n) is 10.3. The number of aromatic nitrogens is 2. The van der Waals surface area contributed by atoms with Crippen molar-refractivity contribution in [2.75, 3.05) is 11.9 Å². The van der Waals surface area contributed by atoms with Crippen LogP contribution in [0.3, 0.4) is 0 Å². The van der Waals surface area contributed by atoms with E-state index in [4.69, 9.17) is 23.8 Å².